The van der Waals surface area contributed by atoms with Crippen molar-refractivity contribution < 1.29 is 4.79 Å². The molecule has 1 aliphatic rings. The lowest BCUT2D eigenvalue weighted by atomic mass is 10.0. The number of nitrogens with two attached hydrogens (primary N) is 1. The number of hydrogen-bond donors (Lipinski definition) is 1. The van der Waals surface area contributed by atoms with Crippen molar-refractivity contribution in [2.75, 3.05) is 13.1 Å². The topological polar surface area (TPSA) is 59.2 Å². The number of benzene rings is 1. The van der Waals surface area contributed by atoms with Gasteiger partial charge in [0.25, 0.3) is 5.91 Å². The molecule has 3 rings (SSSR count). The maximum Gasteiger partial charge on any atom is 0.273 e. The van der Waals surface area contributed by atoms with Crippen molar-refractivity contribution in [3.8, 4) is 10.6 Å². The van der Waals surface area contributed by atoms with Crippen LogP contribution in [0.25, 0.3) is 10.6 Å². The van der Waals surface area contributed by atoms with Gasteiger partial charge in [0.05, 0.1) is 0 Å². The van der Waals surface area contributed by atoms with Crippen molar-refractivity contribution >= 4 is 17.2 Å². The second kappa shape index (κ2) is 6.81. The maximum atomic E-state index is 12.5. The van der Waals surface area contributed by atoms with Crippen molar-refractivity contribution in [3.63, 3.8) is 0 Å². The van der Waals surface area contributed by atoms with Gasteiger partial charge < -0.3 is 10.6 Å². The van der Waals surface area contributed by atoms with Gasteiger partial charge in [-0.3, -0.25) is 4.79 Å². The molecule has 0 aliphatic carbocycles. The van der Waals surface area contributed by atoms with E-state index in [9.17, 15) is 4.79 Å². The number of aromatic nitrogens is 1. The summed E-state index contributed by atoms with van der Waals surface area (Å²) in [6, 6.07) is 8.67. The first-order valence-corrected chi connectivity index (χ1v) is 9.03. The molecular weight excluding hydrogens is 306 g/mol. The Labute approximate surface area is 141 Å². The van der Waals surface area contributed by atoms with Crippen molar-refractivity contribution in [1.29, 1.82) is 0 Å². The van der Waals surface area contributed by atoms with Gasteiger partial charge in [0.1, 0.15) is 10.7 Å². The molecule has 0 spiro atoms. The molecule has 1 fully saturated rings. The van der Waals surface area contributed by atoms with Gasteiger partial charge in [-0.05, 0) is 24.3 Å². The Balaban J connectivity index is 1.73. The molecule has 1 aliphatic heterocycles. The molecular formula is C18H23N3OS. The lowest BCUT2D eigenvalue weighted by Crippen LogP contribution is -2.42. The van der Waals surface area contributed by atoms with Gasteiger partial charge in [-0.1, -0.05) is 38.1 Å². The van der Waals surface area contributed by atoms with E-state index in [4.69, 9.17) is 5.73 Å². The van der Waals surface area contributed by atoms with Gasteiger partial charge in [-0.25, -0.2) is 4.98 Å². The van der Waals surface area contributed by atoms with Gasteiger partial charge in [0, 0.05) is 30.1 Å². The predicted octanol–water partition coefficient (Wildman–Crippen LogP) is 3.50. The molecule has 1 aromatic carbocycles. The zero-order valence-corrected chi connectivity index (χ0v) is 14.5. The van der Waals surface area contributed by atoms with Gasteiger partial charge in [-0.2, -0.15) is 0 Å². The highest BCUT2D eigenvalue weighted by atomic mass is 32.1. The van der Waals surface area contributed by atoms with E-state index in [0.29, 0.717) is 11.6 Å². The summed E-state index contributed by atoms with van der Waals surface area (Å²) in [5.41, 5.74) is 8.83. The van der Waals surface area contributed by atoms with Gasteiger partial charge in [0.15, 0.2) is 0 Å². The standard InChI is InChI=1S/C18H23N3OS/c1-12(2)13-3-5-14(6-4-13)17-20-16(11-23-17)18(22)21-9-7-15(19)8-10-21/h3-6,11-12,15H,7-10,19H2,1-2H3. The minimum absolute atomic E-state index is 0.0261. The predicted molar refractivity (Wildman–Crippen MR) is 94.8 cm³/mol. The third kappa shape index (κ3) is 3.62. The average molecular weight is 329 g/mol. The van der Waals surface area contributed by atoms with Crippen molar-refractivity contribution in [1.82, 2.24) is 9.88 Å². The van der Waals surface area contributed by atoms with Crippen LogP contribution in [0.2, 0.25) is 0 Å². The summed E-state index contributed by atoms with van der Waals surface area (Å²) in [6.45, 7) is 5.82. The van der Waals surface area contributed by atoms with E-state index in [2.05, 4.69) is 43.1 Å². The zero-order valence-electron chi connectivity index (χ0n) is 13.7. The Morgan fingerprint density at radius 3 is 2.52 bits per heavy atom. The molecule has 2 heterocycles. The van der Waals surface area contributed by atoms with Crippen molar-refractivity contribution in [3.05, 3.63) is 40.9 Å². The van der Waals surface area contributed by atoms with E-state index in [1.165, 1.54) is 16.9 Å². The maximum absolute atomic E-state index is 12.5. The normalized spacial score (nSPS) is 16.1. The molecule has 5 heteroatoms. The van der Waals surface area contributed by atoms with Crippen LogP contribution in [0.1, 0.15) is 48.7 Å². The number of likely N-dealkylation sites (tertiary alicyclic amines) is 1. The monoisotopic (exact) mass is 329 g/mol. The molecule has 1 amide bonds. The van der Waals surface area contributed by atoms with Crippen LogP contribution >= 0.6 is 11.3 Å². The number of thiazole rings is 1. The van der Waals surface area contributed by atoms with E-state index in [-0.39, 0.29) is 11.9 Å². The van der Waals surface area contributed by atoms with Crippen LogP contribution in [0.5, 0.6) is 0 Å². The summed E-state index contributed by atoms with van der Waals surface area (Å²) in [5.74, 6) is 0.543. The first kappa shape index (κ1) is 16.1. The molecule has 4 nitrogen and oxygen atoms in total. The number of nitrogens with zero attached hydrogens (tertiary/aromatic N) is 2. The molecule has 0 radical (unpaired) electrons. The fraction of sp³-hybridized carbons (Fsp3) is 0.444. The highest BCUT2D eigenvalue weighted by Crippen LogP contribution is 2.26. The molecule has 122 valence electrons. The third-order valence-electron chi connectivity index (χ3n) is 4.37. The van der Waals surface area contributed by atoms with Crippen LogP contribution in [-0.2, 0) is 0 Å². The van der Waals surface area contributed by atoms with Gasteiger partial charge in [-0.15, -0.1) is 11.3 Å². The Morgan fingerprint density at radius 2 is 1.91 bits per heavy atom. The van der Waals surface area contributed by atoms with E-state index < -0.39 is 0 Å². The second-order valence-electron chi connectivity index (χ2n) is 6.44. The molecule has 0 bridgehead atoms. The summed E-state index contributed by atoms with van der Waals surface area (Å²) in [4.78, 5) is 18.9. The molecule has 2 aromatic rings. The largest absolute Gasteiger partial charge is 0.337 e. The number of carbonyl (C=O) groups excluding carboxylic acids is 1. The molecule has 23 heavy (non-hydrogen) atoms. The lowest BCUT2D eigenvalue weighted by Gasteiger charge is -2.29. The molecule has 0 unspecified atom stereocenters. The second-order valence-corrected chi connectivity index (χ2v) is 7.30. The van der Waals surface area contributed by atoms with E-state index >= 15 is 0 Å². The lowest BCUT2D eigenvalue weighted by molar-refractivity contribution is 0.0709. The summed E-state index contributed by atoms with van der Waals surface area (Å²) < 4.78 is 0. The summed E-state index contributed by atoms with van der Waals surface area (Å²) in [7, 11) is 0. The van der Waals surface area contributed by atoms with E-state index in [1.54, 1.807) is 0 Å². The van der Waals surface area contributed by atoms with Crippen LogP contribution in [0, 0.1) is 0 Å². The zero-order chi connectivity index (χ0) is 16.4. The van der Waals surface area contributed by atoms with E-state index in [1.807, 2.05) is 10.3 Å². The highest BCUT2D eigenvalue weighted by Gasteiger charge is 2.23. The van der Waals surface area contributed by atoms with Crippen molar-refractivity contribution in [2.45, 2.75) is 38.6 Å². The quantitative estimate of drug-likeness (QED) is 0.937. The number of rotatable bonds is 3. The Hall–Kier alpha value is -1.72. The van der Waals surface area contributed by atoms with Crippen LogP contribution in [0.4, 0.5) is 0 Å². The first-order chi connectivity index (χ1) is 11.0. The average Bonchev–Trinajstić information content (AvgIpc) is 3.05. The van der Waals surface area contributed by atoms with E-state index in [0.717, 1.165) is 36.5 Å². The minimum Gasteiger partial charge on any atom is -0.337 e. The summed E-state index contributed by atoms with van der Waals surface area (Å²) >= 11 is 1.53. The molecule has 0 saturated carbocycles. The smallest absolute Gasteiger partial charge is 0.273 e. The van der Waals surface area contributed by atoms with Crippen LogP contribution in [0.15, 0.2) is 29.6 Å². The fourth-order valence-electron chi connectivity index (χ4n) is 2.78. The Morgan fingerprint density at radius 1 is 1.26 bits per heavy atom. The van der Waals surface area contributed by atoms with Crippen LogP contribution in [0.3, 0.4) is 0 Å². The SMILES string of the molecule is CC(C)c1ccc(-c2nc(C(=O)N3CCC(N)CC3)cs2)cc1. The first-order valence-electron chi connectivity index (χ1n) is 8.15. The summed E-state index contributed by atoms with van der Waals surface area (Å²) in [6.07, 6.45) is 1.75. The van der Waals surface area contributed by atoms with Gasteiger partial charge in [0.2, 0.25) is 0 Å². The fourth-order valence-corrected chi connectivity index (χ4v) is 3.58. The number of carbonyl (C=O) groups is 1. The number of amides is 1. The molecule has 0 atom stereocenters. The Bertz CT molecular complexity index is 670. The number of piperidine rings is 1. The molecule has 1 saturated heterocycles. The van der Waals surface area contributed by atoms with Crippen LogP contribution < -0.4 is 5.73 Å². The van der Waals surface area contributed by atoms with Gasteiger partial charge >= 0.3 is 0 Å². The minimum atomic E-state index is 0.0261. The Kier molecular flexibility index (Phi) is 4.78. The molecule has 1 aromatic heterocycles. The van der Waals surface area contributed by atoms with Crippen molar-refractivity contribution in [2.24, 2.45) is 5.73 Å². The molecule has 2 N–H and O–H groups in total. The number of hydrogen-bond acceptors (Lipinski definition) is 4. The summed E-state index contributed by atoms with van der Waals surface area (Å²) in [5, 5.41) is 2.76. The van der Waals surface area contributed by atoms with Crippen LogP contribution in [-0.4, -0.2) is 34.9 Å². The highest BCUT2D eigenvalue weighted by molar-refractivity contribution is 7.13. The third-order valence-corrected chi connectivity index (χ3v) is 5.27.